The molecule has 4 heterocycles. The van der Waals surface area contributed by atoms with Crippen molar-refractivity contribution in [3.05, 3.63) is 36.7 Å². The van der Waals surface area contributed by atoms with Gasteiger partial charge in [-0.05, 0) is 0 Å². The molecule has 1 aliphatic heterocycles. The van der Waals surface area contributed by atoms with E-state index in [4.69, 9.17) is 14.8 Å². The Hall–Kier alpha value is -1.67. The maximum absolute atomic E-state index is 5.52. The molecule has 0 saturated carbocycles. The number of hydrogen-bond donors (Lipinski definition) is 0. The molecule has 0 bridgehead atoms. The number of ether oxygens (including phenoxy) is 1. The normalized spacial score (nSPS) is 15.7. The third-order valence-electron chi connectivity index (χ3n) is 4.49. The van der Waals surface area contributed by atoms with E-state index in [0.717, 1.165) is 49.0 Å². The van der Waals surface area contributed by atoms with Crippen molar-refractivity contribution in [1.82, 2.24) is 19.6 Å². The van der Waals surface area contributed by atoms with Crippen LogP contribution in [-0.4, -0.2) is 64.3 Å². The van der Waals surface area contributed by atoms with E-state index in [-0.39, 0.29) is 0 Å². The maximum atomic E-state index is 5.52. The number of anilines is 1. The van der Waals surface area contributed by atoms with Crippen LogP contribution in [0.15, 0.2) is 36.7 Å². The molecule has 4 rings (SSSR count). The van der Waals surface area contributed by atoms with Crippen LogP contribution in [0.2, 0.25) is 14.8 Å². The zero-order valence-electron chi connectivity index (χ0n) is 14.9. The quantitative estimate of drug-likeness (QED) is 0.580. The van der Waals surface area contributed by atoms with Crippen molar-refractivity contribution in [1.29, 1.82) is 0 Å². The molecule has 0 aromatic carbocycles. The Morgan fingerprint density at radius 1 is 1.04 bits per heavy atom. The van der Waals surface area contributed by atoms with E-state index in [2.05, 4.69) is 36.8 Å². The van der Waals surface area contributed by atoms with Crippen LogP contribution in [0.5, 0.6) is 0 Å². The molecule has 1 fully saturated rings. The minimum absolute atomic E-state index is 0.760. The first-order valence-corrected chi connectivity index (χ1v) is 18.7. The summed E-state index contributed by atoms with van der Waals surface area (Å²) in [7, 11) is 0. The third kappa shape index (κ3) is 3.37. The average molecular weight is 444 g/mol. The van der Waals surface area contributed by atoms with Gasteiger partial charge in [-0.1, -0.05) is 0 Å². The summed E-state index contributed by atoms with van der Waals surface area (Å²) in [5, 5.41) is 4.85. The first kappa shape index (κ1) is 16.8. The van der Waals surface area contributed by atoms with Crippen molar-refractivity contribution >= 4 is 33.6 Å². The topological polar surface area (TPSA) is 55.6 Å². The van der Waals surface area contributed by atoms with Gasteiger partial charge in [0.05, 0.1) is 0 Å². The average Bonchev–Trinajstić information content (AvgIpc) is 3.06. The van der Waals surface area contributed by atoms with Gasteiger partial charge in [0.15, 0.2) is 0 Å². The van der Waals surface area contributed by atoms with Gasteiger partial charge in [0, 0.05) is 0 Å². The molecule has 1 aliphatic rings. The molecule has 130 valence electrons. The Kier molecular flexibility index (Phi) is 4.41. The molecular weight excluding hydrogens is 421 g/mol. The summed E-state index contributed by atoms with van der Waals surface area (Å²) in [4.78, 5) is 18.6. The predicted molar refractivity (Wildman–Crippen MR) is 102 cm³/mol. The second-order valence-electron chi connectivity index (χ2n) is 7.38. The van der Waals surface area contributed by atoms with E-state index >= 15 is 0 Å². The standard InChI is InChI=1S/C15H14N5O.3CH3.Sn/c1-4-16-5-2-12(1)13-11-14-17-6-3-15(20(14)18-13)19-7-9-21-10-8-19;;;;/h1-5,11H,7-10H2;3*1H3;. The SMILES string of the molecule is [CH3][Sn]([CH3])([CH3])[c]1cc(N2CCOCC2)n2nc(-c3ccncc3)cc2n1. The molecule has 1 saturated heterocycles. The monoisotopic (exact) mass is 445 g/mol. The molecule has 3 aromatic heterocycles. The van der Waals surface area contributed by atoms with Crippen LogP contribution < -0.4 is 8.61 Å². The summed E-state index contributed by atoms with van der Waals surface area (Å²) in [5.41, 5.74) is 2.93. The van der Waals surface area contributed by atoms with Crippen molar-refractivity contribution in [3.8, 4) is 11.3 Å². The first-order valence-electron chi connectivity index (χ1n) is 8.67. The Balaban J connectivity index is 1.89. The zero-order chi connectivity index (χ0) is 17.4. The van der Waals surface area contributed by atoms with E-state index in [1.165, 1.54) is 3.71 Å². The molecule has 0 radical (unpaired) electrons. The third-order valence-corrected chi connectivity index (χ3v) is 9.61. The number of rotatable bonds is 3. The van der Waals surface area contributed by atoms with E-state index in [0.29, 0.717) is 0 Å². The van der Waals surface area contributed by atoms with E-state index in [1.807, 2.05) is 16.6 Å². The molecule has 0 amide bonds. The van der Waals surface area contributed by atoms with Crippen molar-refractivity contribution < 1.29 is 4.74 Å². The fraction of sp³-hybridized carbons (Fsp3) is 0.389. The summed E-state index contributed by atoms with van der Waals surface area (Å²) in [6.07, 6.45) is 3.60. The fourth-order valence-electron chi connectivity index (χ4n) is 3.02. The van der Waals surface area contributed by atoms with Gasteiger partial charge >= 0.3 is 152 Å². The summed E-state index contributed by atoms with van der Waals surface area (Å²) in [6.45, 7) is 3.30. The van der Waals surface area contributed by atoms with Gasteiger partial charge in [0.2, 0.25) is 0 Å². The van der Waals surface area contributed by atoms with Crippen LogP contribution in [0, 0.1) is 0 Å². The Labute approximate surface area is 151 Å². The molecule has 0 aliphatic carbocycles. The van der Waals surface area contributed by atoms with Crippen LogP contribution in [-0.2, 0) is 4.74 Å². The Morgan fingerprint density at radius 2 is 1.76 bits per heavy atom. The van der Waals surface area contributed by atoms with Crippen molar-refractivity contribution in [2.75, 3.05) is 31.2 Å². The van der Waals surface area contributed by atoms with Crippen LogP contribution in [0.3, 0.4) is 0 Å². The summed E-state index contributed by atoms with van der Waals surface area (Å²) < 4.78 is 8.79. The van der Waals surface area contributed by atoms with Crippen molar-refractivity contribution in [3.63, 3.8) is 0 Å². The Morgan fingerprint density at radius 3 is 2.44 bits per heavy atom. The molecule has 0 unspecified atom stereocenters. The van der Waals surface area contributed by atoms with Crippen LogP contribution in [0.25, 0.3) is 16.9 Å². The van der Waals surface area contributed by atoms with E-state index in [9.17, 15) is 0 Å². The fourth-order valence-corrected chi connectivity index (χ4v) is 5.91. The number of fused-ring (bicyclic) bond motifs is 1. The molecule has 0 N–H and O–H groups in total. The number of morpholine rings is 1. The van der Waals surface area contributed by atoms with Gasteiger partial charge in [-0.25, -0.2) is 0 Å². The van der Waals surface area contributed by atoms with Crippen LogP contribution in [0.1, 0.15) is 0 Å². The molecule has 0 atom stereocenters. The molecule has 6 nitrogen and oxygen atoms in total. The molecular formula is C18H23N5OSn. The van der Waals surface area contributed by atoms with Gasteiger partial charge in [-0.2, -0.15) is 0 Å². The first-order chi connectivity index (χ1) is 12.0. The van der Waals surface area contributed by atoms with Crippen LogP contribution in [0.4, 0.5) is 5.82 Å². The second kappa shape index (κ2) is 6.57. The van der Waals surface area contributed by atoms with Gasteiger partial charge in [-0.3, -0.25) is 0 Å². The number of nitrogens with zero attached hydrogens (tertiary/aromatic N) is 5. The second-order valence-corrected chi connectivity index (χ2v) is 21.7. The zero-order valence-corrected chi connectivity index (χ0v) is 17.8. The molecule has 0 spiro atoms. The summed E-state index contributed by atoms with van der Waals surface area (Å²) in [6, 6.07) is 8.32. The minimum atomic E-state index is -2.31. The molecule has 3 aromatic rings. The van der Waals surface area contributed by atoms with Crippen molar-refractivity contribution in [2.45, 2.75) is 14.8 Å². The van der Waals surface area contributed by atoms with E-state index < -0.39 is 18.4 Å². The number of pyridine rings is 1. The van der Waals surface area contributed by atoms with Crippen LogP contribution >= 0.6 is 0 Å². The number of hydrogen-bond acceptors (Lipinski definition) is 5. The van der Waals surface area contributed by atoms with Crippen molar-refractivity contribution in [2.24, 2.45) is 0 Å². The summed E-state index contributed by atoms with van der Waals surface area (Å²) >= 11 is -2.31. The predicted octanol–water partition coefficient (Wildman–Crippen LogP) is 2.17. The molecule has 7 heteroatoms. The van der Waals surface area contributed by atoms with Gasteiger partial charge in [0.25, 0.3) is 0 Å². The summed E-state index contributed by atoms with van der Waals surface area (Å²) in [5.74, 6) is 1.13. The van der Waals surface area contributed by atoms with Gasteiger partial charge in [-0.15, -0.1) is 0 Å². The van der Waals surface area contributed by atoms with E-state index in [1.54, 1.807) is 12.4 Å². The number of aromatic nitrogens is 4. The molecule has 25 heavy (non-hydrogen) atoms. The van der Waals surface area contributed by atoms with Gasteiger partial charge < -0.3 is 0 Å². The Bertz CT molecular complexity index is 882. The van der Waals surface area contributed by atoms with Gasteiger partial charge in [0.1, 0.15) is 0 Å².